The highest BCUT2D eigenvalue weighted by Crippen LogP contribution is 2.22. The van der Waals surface area contributed by atoms with Gasteiger partial charge in [0, 0.05) is 44.1 Å². The summed E-state index contributed by atoms with van der Waals surface area (Å²) in [5, 5.41) is 7.64. The Hall–Kier alpha value is -2.01. The van der Waals surface area contributed by atoms with Gasteiger partial charge in [0.15, 0.2) is 5.96 Å². The van der Waals surface area contributed by atoms with Crippen LogP contribution in [0.4, 0.5) is 0 Å². The first-order valence-corrected chi connectivity index (χ1v) is 9.94. The van der Waals surface area contributed by atoms with Gasteiger partial charge in [0.1, 0.15) is 5.82 Å². The molecule has 148 valence electrons. The molecule has 1 aromatic carbocycles. The molecule has 0 bridgehead atoms. The summed E-state index contributed by atoms with van der Waals surface area (Å²) in [6.07, 6.45) is 7.04. The van der Waals surface area contributed by atoms with Crippen molar-refractivity contribution in [3.8, 4) is 0 Å². The van der Waals surface area contributed by atoms with E-state index in [0.717, 1.165) is 55.7 Å². The summed E-state index contributed by atoms with van der Waals surface area (Å²) in [5.41, 5.74) is 1.35. The average Bonchev–Trinajstić information content (AvgIpc) is 3.02. The maximum absolute atomic E-state index is 6.10. The zero-order valence-corrected chi connectivity index (χ0v) is 17.7. The number of hydrogen-bond donors (Lipinski definition) is 2. The molecule has 0 saturated carbocycles. The lowest BCUT2D eigenvalue weighted by molar-refractivity contribution is 0.359. The Balaban J connectivity index is 1.68. The SMILES string of the molecule is CN=C(NCCCCn1ccnc1C)NCC(C)(C)Cc1cccc(Cl)c1. The molecule has 0 aliphatic heterocycles. The van der Waals surface area contributed by atoms with Gasteiger partial charge in [-0.15, -0.1) is 0 Å². The molecule has 1 heterocycles. The molecular weight excluding hydrogens is 358 g/mol. The highest BCUT2D eigenvalue weighted by atomic mass is 35.5. The fourth-order valence-corrected chi connectivity index (χ4v) is 3.27. The number of nitrogens with one attached hydrogen (secondary N) is 2. The molecular formula is C21H32ClN5. The third-order valence-electron chi connectivity index (χ3n) is 4.57. The number of aliphatic imine (C=N–C) groups is 1. The minimum Gasteiger partial charge on any atom is -0.356 e. The Morgan fingerprint density at radius 1 is 1.26 bits per heavy atom. The van der Waals surface area contributed by atoms with Crippen LogP contribution in [0.1, 0.15) is 38.1 Å². The standard InChI is InChI=1S/C21H32ClN5/c1-17-24-11-13-27(17)12-6-5-10-25-20(23-4)26-16-21(2,3)15-18-8-7-9-19(22)14-18/h7-9,11,13-14H,5-6,10,12,15-16H2,1-4H3,(H2,23,25,26). The number of imidazole rings is 1. The first-order valence-electron chi connectivity index (χ1n) is 9.56. The smallest absolute Gasteiger partial charge is 0.190 e. The van der Waals surface area contributed by atoms with Gasteiger partial charge >= 0.3 is 0 Å². The first-order chi connectivity index (χ1) is 12.9. The van der Waals surface area contributed by atoms with E-state index in [1.54, 1.807) is 0 Å². The van der Waals surface area contributed by atoms with Gasteiger partial charge in [0.2, 0.25) is 0 Å². The highest BCUT2D eigenvalue weighted by Gasteiger charge is 2.19. The molecule has 1 aromatic heterocycles. The van der Waals surface area contributed by atoms with Gasteiger partial charge < -0.3 is 15.2 Å². The molecule has 27 heavy (non-hydrogen) atoms. The number of guanidine groups is 1. The number of unbranched alkanes of at least 4 members (excludes halogenated alkanes) is 1. The average molecular weight is 390 g/mol. The topological polar surface area (TPSA) is 54.2 Å². The summed E-state index contributed by atoms with van der Waals surface area (Å²) in [4.78, 5) is 8.58. The van der Waals surface area contributed by atoms with Crippen LogP contribution in [0, 0.1) is 12.3 Å². The van der Waals surface area contributed by atoms with E-state index in [1.165, 1.54) is 5.56 Å². The summed E-state index contributed by atoms with van der Waals surface area (Å²) in [7, 11) is 1.81. The molecule has 6 heteroatoms. The van der Waals surface area contributed by atoms with Crippen molar-refractivity contribution < 1.29 is 0 Å². The lowest BCUT2D eigenvalue weighted by atomic mass is 9.86. The van der Waals surface area contributed by atoms with Crippen LogP contribution in [0.2, 0.25) is 5.02 Å². The van der Waals surface area contributed by atoms with Crippen LogP contribution < -0.4 is 10.6 Å². The lowest BCUT2D eigenvalue weighted by Crippen LogP contribution is -2.43. The summed E-state index contributed by atoms with van der Waals surface area (Å²) < 4.78 is 2.19. The molecule has 2 N–H and O–H groups in total. The second-order valence-corrected chi connectivity index (χ2v) is 8.13. The Bertz CT molecular complexity index is 736. The Labute approximate surface area is 168 Å². The zero-order chi connectivity index (χ0) is 19.7. The van der Waals surface area contributed by atoms with Gasteiger partial charge in [-0.1, -0.05) is 37.6 Å². The second-order valence-electron chi connectivity index (χ2n) is 7.70. The number of hydrogen-bond acceptors (Lipinski definition) is 2. The molecule has 0 aliphatic carbocycles. The third-order valence-corrected chi connectivity index (χ3v) is 4.81. The molecule has 0 fully saturated rings. The molecule has 0 atom stereocenters. The number of nitrogens with zero attached hydrogens (tertiary/aromatic N) is 3. The fourth-order valence-electron chi connectivity index (χ4n) is 3.06. The Morgan fingerprint density at radius 3 is 2.74 bits per heavy atom. The summed E-state index contributed by atoms with van der Waals surface area (Å²) in [6, 6.07) is 8.09. The number of rotatable bonds is 9. The van der Waals surface area contributed by atoms with Crippen molar-refractivity contribution >= 4 is 17.6 Å². The van der Waals surface area contributed by atoms with Crippen molar-refractivity contribution in [1.29, 1.82) is 0 Å². The summed E-state index contributed by atoms with van der Waals surface area (Å²) in [5.74, 6) is 1.93. The number of aromatic nitrogens is 2. The van der Waals surface area contributed by atoms with Crippen LogP contribution in [0.15, 0.2) is 41.7 Å². The second kappa shape index (κ2) is 10.4. The molecule has 0 saturated heterocycles. The van der Waals surface area contributed by atoms with Crippen molar-refractivity contribution in [3.63, 3.8) is 0 Å². The van der Waals surface area contributed by atoms with Gasteiger partial charge in [-0.3, -0.25) is 4.99 Å². The van der Waals surface area contributed by atoms with E-state index < -0.39 is 0 Å². The van der Waals surface area contributed by atoms with Crippen LogP contribution >= 0.6 is 11.6 Å². The van der Waals surface area contributed by atoms with E-state index in [1.807, 2.05) is 44.6 Å². The maximum Gasteiger partial charge on any atom is 0.190 e. The quantitative estimate of drug-likeness (QED) is 0.386. The largest absolute Gasteiger partial charge is 0.356 e. The van der Waals surface area contributed by atoms with E-state index in [-0.39, 0.29) is 5.41 Å². The van der Waals surface area contributed by atoms with Gasteiger partial charge in [0.05, 0.1) is 0 Å². The predicted molar refractivity (Wildman–Crippen MR) is 114 cm³/mol. The lowest BCUT2D eigenvalue weighted by Gasteiger charge is -2.26. The maximum atomic E-state index is 6.10. The van der Waals surface area contributed by atoms with Crippen LogP contribution in [0.25, 0.3) is 0 Å². The normalized spacial score (nSPS) is 12.3. The van der Waals surface area contributed by atoms with Crippen LogP contribution in [-0.4, -0.2) is 35.6 Å². The fraction of sp³-hybridized carbons (Fsp3) is 0.524. The minimum atomic E-state index is 0.0985. The molecule has 0 radical (unpaired) electrons. The van der Waals surface area contributed by atoms with Crippen LogP contribution in [0.5, 0.6) is 0 Å². The first kappa shape index (κ1) is 21.3. The van der Waals surface area contributed by atoms with E-state index in [4.69, 9.17) is 11.6 Å². The van der Waals surface area contributed by atoms with Crippen LogP contribution in [0.3, 0.4) is 0 Å². The summed E-state index contributed by atoms with van der Waals surface area (Å²) in [6.45, 7) is 9.29. The van der Waals surface area contributed by atoms with Crippen molar-refractivity contribution in [1.82, 2.24) is 20.2 Å². The van der Waals surface area contributed by atoms with Crippen molar-refractivity contribution in [3.05, 3.63) is 53.1 Å². The van der Waals surface area contributed by atoms with Gasteiger partial charge in [0.25, 0.3) is 0 Å². The predicted octanol–water partition coefficient (Wildman–Crippen LogP) is 4.06. The molecule has 0 spiro atoms. The van der Waals surface area contributed by atoms with E-state index in [0.29, 0.717) is 0 Å². The summed E-state index contributed by atoms with van der Waals surface area (Å²) >= 11 is 6.10. The van der Waals surface area contributed by atoms with E-state index >= 15 is 0 Å². The van der Waals surface area contributed by atoms with Crippen molar-refractivity contribution in [2.45, 2.75) is 46.6 Å². The molecule has 0 unspecified atom stereocenters. The molecule has 0 amide bonds. The van der Waals surface area contributed by atoms with Crippen LogP contribution in [-0.2, 0) is 13.0 Å². The molecule has 0 aliphatic rings. The zero-order valence-electron chi connectivity index (χ0n) is 16.9. The Morgan fingerprint density at radius 2 is 2.07 bits per heavy atom. The number of aryl methyl sites for hydroxylation is 2. The van der Waals surface area contributed by atoms with Crippen molar-refractivity contribution in [2.24, 2.45) is 10.4 Å². The van der Waals surface area contributed by atoms with E-state index in [2.05, 4.69) is 45.1 Å². The van der Waals surface area contributed by atoms with Crippen molar-refractivity contribution in [2.75, 3.05) is 20.1 Å². The molecule has 2 aromatic rings. The third kappa shape index (κ3) is 7.63. The number of halogens is 1. The molecule has 5 nitrogen and oxygen atoms in total. The number of benzene rings is 1. The molecule has 2 rings (SSSR count). The van der Waals surface area contributed by atoms with Gasteiger partial charge in [-0.2, -0.15) is 0 Å². The minimum absolute atomic E-state index is 0.0985. The Kier molecular flexibility index (Phi) is 8.17. The van der Waals surface area contributed by atoms with E-state index in [9.17, 15) is 0 Å². The highest BCUT2D eigenvalue weighted by molar-refractivity contribution is 6.30. The monoisotopic (exact) mass is 389 g/mol. The van der Waals surface area contributed by atoms with Gasteiger partial charge in [-0.05, 0) is 49.3 Å². The van der Waals surface area contributed by atoms with Gasteiger partial charge in [-0.25, -0.2) is 4.98 Å².